The van der Waals surface area contributed by atoms with Gasteiger partial charge in [0, 0.05) is 19.3 Å². The first-order valence-electron chi connectivity index (χ1n) is 35.3. The van der Waals surface area contributed by atoms with Crippen LogP contribution in [-0.2, 0) is 28.6 Å². The van der Waals surface area contributed by atoms with Crippen molar-refractivity contribution in [3.8, 4) is 0 Å². The molecule has 0 aliphatic carbocycles. The zero-order valence-electron chi connectivity index (χ0n) is 53.0. The zero-order chi connectivity index (χ0) is 56.4. The van der Waals surface area contributed by atoms with Crippen molar-refractivity contribution in [1.82, 2.24) is 0 Å². The Kier molecular flexibility index (Phi) is 65.6. The fraction of sp³-hybridized carbons (Fsp3) is 0.903. The molecule has 0 N–H and O–H groups in total. The van der Waals surface area contributed by atoms with Gasteiger partial charge in [-0.15, -0.1) is 0 Å². The van der Waals surface area contributed by atoms with Gasteiger partial charge in [-0.2, -0.15) is 0 Å². The van der Waals surface area contributed by atoms with Gasteiger partial charge in [0.2, 0.25) is 0 Å². The van der Waals surface area contributed by atoms with Gasteiger partial charge in [0.15, 0.2) is 6.10 Å². The minimum atomic E-state index is -0.771. The van der Waals surface area contributed by atoms with E-state index in [1.54, 1.807) is 0 Å². The van der Waals surface area contributed by atoms with Gasteiger partial charge in [0.05, 0.1) is 0 Å². The molecule has 6 heteroatoms. The van der Waals surface area contributed by atoms with Gasteiger partial charge in [-0.25, -0.2) is 0 Å². The monoisotopic (exact) mass is 1100 g/mol. The third kappa shape index (κ3) is 64.7. The summed E-state index contributed by atoms with van der Waals surface area (Å²) >= 11 is 0. The van der Waals surface area contributed by atoms with Crippen LogP contribution in [0, 0.1) is 0 Å². The summed E-state index contributed by atoms with van der Waals surface area (Å²) in [5.41, 5.74) is 0. The van der Waals surface area contributed by atoms with Crippen LogP contribution in [0.15, 0.2) is 24.3 Å². The zero-order valence-corrected chi connectivity index (χ0v) is 53.0. The highest BCUT2D eigenvalue weighted by Crippen LogP contribution is 2.19. The average Bonchev–Trinajstić information content (AvgIpc) is 3.44. The van der Waals surface area contributed by atoms with Crippen molar-refractivity contribution in [1.29, 1.82) is 0 Å². The van der Waals surface area contributed by atoms with Crippen LogP contribution >= 0.6 is 0 Å². The number of unbranched alkanes of at least 4 members (excludes halogenated alkanes) is 51. The lowest BCUT2D eigenvalue weighted by Gasteiger charge is -2.18. The molecule has 0 aliphatic rings. The predicted molar refractivity (Wildman–Crippen MR) is 340 cm³/mol. The van der Waals surface area contributed by atoms with Crippen LogP contribution in [0.4, 0.5) is 0 Å². The van der Waals surface area contributed by atoms with Crippen molar-refractivity contribution in [3.05, 3.63) is 24.3 Å². The number of esters is 3. The fourth-order valence-corrected chi connectivity index (χ4v) is 10.9. The minimum Gasteiger partial charge on any atom is -0.462 e. The van der Waals surface area contributed by atoms with Crippen molar-refractivity contribution in [3.63, 3.8) is 0 Å². The van der Waals surface area contributed by atoms with Crippen LogP contribution in [0.25, 0.3) is 0 Å². The Morgan fingerprint density at radius 1 is 0.256 bits per heavy atom. The van der Waals surface area contributed by atoms with Crippen molar-refractivity contribution < 1.29 is 28.6 Å². The third-order valence-electron chi connectivity index (χ3n) is 16.2. The van der Waals surface area contributed by atoms with Gasteiger partial charge in [0.25, 0.3) is 0 Å². The van der Waals surface area contributed by atoms with Gasteiger partial charge in [-0.1, -0.05) is 353 Å². The van der Waals surface area contributed by atoms with Gasteiger partial charge < -0.3 is 14.2 Å². The molecule has 0 bridgehead atoms. The molecule has 0 aromatic heterocycles. The van der Waals surface area contributed by atoms with E-state index in [-0.39, 0.29) is 31.1 Å². The molecule has 6 nitrogen and oxygen atoms in total. The van der Waals surface area contributed by atoms with E-state index in [0.29, 0.717) is 19.3 Å². The standard InChI is InChI=1S/C72H136O6/c1-4-7-10-13-16-19-22-24-26-28-29-30-31-32-33-34-35-36-37-38-39-40-41-42-44-45-47-50-53-56-59-62-65-71(74)77-68-69(67-76-70(73)64-61-58-55-52-49-21-18-15-12-9-6-3)78-72(75)66-63-60-57-54-51-48-46-43-27-25-23-20-17-14-11-8-5-2/h17,20,25,27,69H,4-16,18-19,21-24,26,28-68H2,1-3H3/b20-17-,27-25-. The predicted octanol–water partition coefficient (Wildman–Crippen LogP) is 24.2. The molecule has 0 amide bonds. The largest absolute Gasteiger partial charge is 0.462 e. The molecular weight excluding hydrogens is 961 g/mol. The van der Waals surface area contributed by atoms with Gasteiger partial charge >= 0.3 is 17.9 Å². The van der Waals surface area contributed by atoms with Crippen molar-refractivity contribution in [2.45, 2.75) is 406 Å². The number of ether oxygens (including phenoxy) is 3. The number of rotatable bonds is 66. The SMILES string of the molecule is CCCCC/C=C\C/C=C\CCCCCCCCCC(=O)OC(COC(=O)CCCCCCCCCCCCC)COC(=O)CCCCCCCCCCCCCCCCCCCCCCCCCCCCCCCCCC. The van der Waals surface area contributed by atoms with Gasteiger partial charge in [0.1, 0.15) is 13.2 Å². The van der Waals surface area contributed by atoms with Crippen LogP contribution in [0.3, 0.4) is 0 Å². The van der Waals surface area contributed by atoms with E-state index in [9.17, 15) is 14.4 Å². The summed E-state index contributed by atoms with van der Waals surface area (Å²) in [6.45, 7) is 6.67. The van der Waals surface area contributed by atoms with Crippen LogP contribution in [-0.4, -0.2) is 37.2 Å². The van der Waals surface area contributed by atoms with E-state index in [1.807, 2.05) is 0 Å². The van der Waals surface area contributed by atoms with E-state index in [1.165, 1.54) is 289 Å². The number of hydrogen-bond donors (Lipinski definition) is 0. The summed E-state index contributed by atoms with van der Waals surface area (Å²) in [5.74, 6) is -0.849. The smallest absolute Gasteiger partial charge is 0.306 e. The number of carbonyl (C=O) groups is 3. The summed E-state index contributed by atoms with van der Waals surface area (Å²) in [4.78, 5) is 38.3. The quantitative estimate of drug-likeness (QED) is 0.0261. The van der Waals surface area contributed by atoms with E-state index in [4.69, 9.17) is 14.2 Å². The van der Waals surface area contributed by atoms with Crippen LogP contribution < -0.4 is 0 Å². The Morgan fingerprint density at radius 2 is 0.462 bits per heavy atom. The highest BCUT2D eigenvalue weighted by molar-refractivity contribution is 5.71. The van der Waals surface area contributed by atoms with E-state index in [0.717, 1.165) is 70.6 Å². The lowest BCUT2D eigenvalue weighted by Crippen LogP contribution is -2.30. The summed E-state index contributed by atoms with van der Waals surface area (Å²) in [6.07, 6.45) is 82.3. The highest BCUT2D eigenvalue weighted by atomic mass is 16.6. The van der Waals surface area contributed by atoms with Crippen molar-refractivity contribution in [2.24, 2.45) is 0 Å². The average molecular weight is 1100 g/mol. The maximum absolute atomic E-state index is 12.9. The molecule has 1 unspecified atom stereocenters. The third-order valence-corrected chi connectivity index (χ3v) is 16.2. The Bertz CT molecular complexity index is 1260. The fourth-order valence-electron chi connectivity index (χ4n) is 10.9. The molecular formula is C72H136O6. The van der Waals surface area contributed by atoms with E-state index < -0.39 is 6.10 Å². The first kappa shape index (κ1) is 75.9. The minimum absolute atomic E-state index is 0.0686. The molecule has 0 saturated heterocycles. The second kappa shape index (κ2) is 67.4. The lowest BCUT2D eigenvalue weighted by atomic mass is 10.0. The second-order valence-electron chi connectivity index (χ2n) is 24.2. The molecule has 0 fully saturated rings. The summed E-state index contributed by atoms with van der Waals surface area (Å²) in [5, 5.41) is 0. The van der Waals surface area contributed by atoms with Crippen molar-refractivity contribution >= 4 is 17.9 Å². The van der Waals surface area contributed by atoms with Crippen LogP contribution in [0.5, 0.6) is 0 Å². The molecule has 0 aromatic rings. The Labute approximate surface area is 487 Å². The van der Waals surface area contributed by atoms with Crippen LogP contribution in [0.2, 0.25) is 0 Å². The van der Waals surface area contributed by atoms with Gasteiger partial charge in [-0.3, -0.25) is 14.4 Å². The van der Waals surface area contributed by atoms with Crippen LogP contribution in [0.1, 0.15) is 400 Å². The summed E-state index contributed by atoms with van der Waals surface area (Å²) in [6, 6.07) is 0. The summed E-state index contributed by atoms with van der Waals surface area (Å²) < 4.78 is 16.9. The maximum Gasteiger partial charge on any atom is 0.306 e. The number of hydrogen-bond acceptors (Lipinski definition) is 6. The maximum atomic E-state index is 12.9. The van der Waals surface area contributed by atoms with E-state index in [2.05, 4.69) is 45.1 Å². The molecule has 0 rings (SSSR count). The first-order chi connectivity index (χ1) is 38.5. The molecule has 460 valence electrons. The number of carbonyl (C=O) groups excluding carboxylic acids is 3. The normalized spacial score (nSPS) is 12.1. The van der Waals surface area contributed by atoms with Crippen molar-refractivity contribution in [2.75, 3.05) is 13.2 Å². The molecule has 0 heterocycles. The molecule has 0 radical (unpaired) electrons. The Hall–Kier alpha value is -2.11. The first-order valence-corrected chi connectivity index (χ1v) is 35.3. The molecule has 0 spiro atoms. The summed E-state index contributed by atoms with van der Waals surface area (Å²) in [7, 11) is 0. The van der Waals surface area contributed by atoms with Gasteiger partial charge in [-0.05, 0) is 51.4 Å². The Balaban J connectivity index is 4.06. The molecule has 0 saturated carbocycles. The molecule has 0 aromatic carbocycles. The topological polar surface area (TPSA) is 78.9 Å². The second-order valence-corrected chi connectivity index (χ2v) is 24.2. The lowest BCUT2D eigenvalue weighted by molar-refractivity contribution is -0.167. The molecule has 1 atom stereocenters. The van der Waals surface area contributed by atoms with E-state index >= 15 is 0 Å². The molecule has 78 heavy (non-hydrogen) atoms. The molecule has 0 aliphatic heterocycles. The number of allylic oxidation sites excluding steroid dienone is 4. The Morgan fingerprint density at radius 3 is 0.731 bits per heavy atom. The highest BCUT2D eigenvalue weighted by Gasteiger charge is 2.19.